The van der Waals surface area contributed by atoms with Crippen LogP contribution in [-0.4, -0.2) is 29.2 Å². The quantitative estimate of drug-likeness (QED) is 0.340. The average molecular weight is 460 g/mol. The van der Waals surface area contributed by atoms with Gasteiger partial charge in [-0.05, 0) is 42.1 Å². The minimum atomic E-state index is -0.267. The molecule has 5 aromatic rings. The SMILES string of the molecule is COCCn1c(=NC(=O)c2cc(-c3cccs3)nc3ccccc23)sc2cccc(C)c21. The summed E-state index contributed by atoms with van der Waals surface area (Å²) in [6, 6.07) is 19.8. The summed E-state index contributed by atoms with van der Waals surface area (Å²) in [6.45, 7) is 3.25. The van der Waals surface area contributed by atoms with Crippen LogP contribution in [0.25, 0.3) is 31.7 Å². The Kier molecular flexibility index (Phi) is 5.70. The number of hydrogen-bond donors (Lipinski definition) is 0. The minimum absolute atomic E-state index is 0.267. The van der Waals surface area contributed by atoms with E-state index >= 15 is 0 Å². The van der Waals surface area contributed by atoms with Crippen LogP contribution in [0.15, 0.2) is 71.0 Å². The summed E-state index contributed by atoms with van der Waals surface area (Å²) in [4.78, 5) is 24.6. The van der Waals surface area contributed by atoms with E-state index in [2.05, 4.69) is 28.6 Å². The maximum atomic E-state index is 13.5. The molecule has 0 unspecified atom stereocenters. The minimum Gasteiger partial charge on any atom is -0.383 e. The number of carbonyl (C=O) groups excluding carboxylic acids is 1. The van der Waals surface area contributed by atoms with Gasteiger partial charge >= 0.3 is 0 Å². The standard InChI is InChI=1S/C25H21N3O2S2/c1-16-7-5-10-22-23(16)28(12-13-30-2)25(32-22)27-24(29)18-15-20(21-11-6-14-31-21)26-19-9-4-3-8-17(18)19/h3-11,14-15H,12-13H2,1-2H3. The maximum Gasteiger partial charge on any atom is 0.280 e. The Morgan fingerprint density at radius 1 is 1.12 bits per heavy atom. The number of methoxy groups -OCH3 is 1. The number of pyridine rings is 1. The van der Waals surface area contributed by atoms with Gasteiger partial charge in [-0.15, -0.1) is 11.3 Å². The third-order valence-electron chi connectivity index (χ3n) is 5.34. The largest absolute Gasteiger partial charge is 0.383 e. The summed E-state index contributed by atoms with van der Waals surface area (Å²) in [5.41, 5.74) is 4.39. The van der Waals surface area contributed by atoms with Crippen molar-refractivity contribution in [1.29, 1.82) is 0 Å². The third-order valence-corrected chi connectivity index (χ3v) is 7.28. The fourth-order valence-corrected chi connectivity index (χ4v) is 5.65. The highest BCUT2D eigenvalue weighted by Gasteiger charge is 2.16. The molecule has 0 aliphatic heterocycles. The molecule has 0 bridgehead atoms. The van der Waals surface area contributed by atoms with E-state index in [-0.39, 0.29) is 5.91 Å². The number of thiophene rings is 1. The Hall–Kier alpha value is -3.13. The van der Waals surface area contributed by atoms with Gasteiger partial charge in [-0.2, -0.15) is 4.99 Å². The summed E-state index contributed by atoms with van der Waals surface area (Å²) in [6.07, 6.45) is 0. The first-order valence-electron chi connectivity index (χ1n) is 10.3. The zero-order chi connectivity index (χ0) is 22.1. The van der Waals surface area contributed by atoms with Gasteiger partial charge in [0.15, 0.2) is 4.80 Å². The van der Waals surface area contributed by atoms with Crippen LogP contribution in [0.2, 0.25) is 0 Å². The van der Waals surface area contributed by atoms with Crippen LogP contribution in [0.4, 0.5) is 0 Å². The number of hydrogen-bond acceptors (Lipinski definition) is 5. The number of amides is 1. The molecule has 0 radical (unpaired) electrons. The van der Waals surface area contributed by atoms with Crippen LogP contribution in [-0.2, 0) is 11.3 Å². The second kappa shape index (κ2) is 8.78. The number of aryl methyl sites for hydroxylation is 1. The van der Waals surface area contributed by atoms with Crippen LogP contribution in [0.5, 0.6) is 0 Å². The molecule has 0 fully saturated rings. The van der Waals surface area contributed by atoms with Crippen molar-refractivity contribution < 1.29 is 9.53 Å². The van der Waals surface area contributed by atoms with Crippen molar-refractivity contribution in [3.05, 3.63) is 82.0 Å². The molecule has 0 spiro atoms. The molecule has 2 aromatic carbocycles. The molecular weight excluding hydrogens is 438 g/mol. The van der Waals surface area contributed by atoms with Crippen molar-refractivity contribution in [3.63, 3.8) is 0 Å². The van der Waals surface area contributed by atoms with E-state index in [1.807, 2.05) is 53.9 Å². The molecule has 7 heteroatoms. The molecule has 5 nitrogen and oxygen atoms in total. The summed E-state index contributed by atoms with van der Waals surface area (Å²) < 4.78 is 8.50. The van der Waals surface area contributed by atoms with Crippen molar-refractivity contribution in [1.82, 2.24) is 9.55 Å². The van der Waals surface area contributed by atoms with E-state index in [4.69, 9.17) is 9.72 Å². The van der Waals surface area contributed by atoms with E-state index < -0.39 is 0 Å². The van der Waals surface area contributed by atoms with Gasteiger partial charge in [0.25, 0.3) is 5.91 Å². The number of rotatable bonds is 5. The molecule has 0 saturated carbocycles. The number of ether oxygens (including phenoxy) is 1. The first-order chi connectivity index (χ1) is 15.7. The molecule has 160 valence electrons. The molecule has 3 heterocycles. The zero-order valence-electron chi connectivity index (χ0n) is 17.7. The number of para-hydroxylation sites is 2. The van der Waals surface area contributed by atoms with E-state index in [0.29, 0.717) is 23.5 Å². The van der Waals surface area contributed by atoms with Gasteiger partial charge in [-0.1, -0.05) is 47.7 Å². The summed E-state index contributed by atoms with van der Waals surface area (Å²) in [5.74, 6) is -0.267. The highest BCUT2D eigenvalue weighted by Crippen LogP contribution is 2.28. The lowest BCUT2D eigenvalue weighted by Crippen LogP contribution is -2.20. The van der Waals surface area contributed by atoms with Crippen molar-refractivity contribution in [2.45, 2.75) is 13.5 Å². The van der Waals surface area contributed by atoms with Gasteiger partial charge in [0.1, 0.15) is 0 Å². The Morgan fingerprint density at radius 2 is 2.00 bits per heavy atom. The number of thiazole rings is 1. The second-order valence-electron chi connectivity index (χ2n) is 7.42. The number of benzene rings is 2. The van der Waals surface area contributed by atoms with E-state index in [1.165, 1.54) is 11.3 Å². The zero-order valence-corrected chi connectivity index (χ0v) is 19.4. The van der Waals surface area contributed by atoms with Gasteiger partial charge in [0.2, 0.25) is 0 Å². The van der Waals surface area contributed by atoms with Gasteiger partial charge in [-0.3, -0.25) is 4.79 Å². The monoisotopic (exact) mass is 459 g/mol. The second-order valence-corrected chi connectivity index (χ2v) is 9.37. The summed E-state index contributed by atoms with van der Waals surface area (Å²) >= 11 is 3.13. The Balaban J connectivity index is 1.70. The molecule has 0 saturated heterocycles. The first-order valence-corrected chi connectivity index (χ1v) is 12.0. The maximum absolute atomic E-state index is 13.5. The average Bonchev–Trinajstić information content (AvgIpc) is 3.46. The molecule has 0 atom stereocenters. The Labute approximate surface area is 193 Å². The molecule has 0 aliphatic carbocycles. The lowest BCUT2D eigenvalue weighted by Gasteiger charge is -2.07. The molecule has 3 aromatic heterocycles. The van der Waals surface area contributed by atoms with Crippen molar-refractivity contribution >= 4 is 49.7 Å². The molecule has 32 heavy (non-hydrogen) atoms. The van der Waals surface area contributed by atoms with Gasteiger partial charge in [0.05, 0.1) is 38.5 Å². The van der Waals surface area contributed by atoms with Gasteiger partial charge < -0.3 is 9.30 Å². The van der Waals surface area contributed by atoms with E-state index in [1.54, 1.807) is 18.4 Å². The predicted molar refractivity (Wildman–Crippen MR) is 131 cm³/mol. The molecule has 0 N–H and O–H groups in total. The van der Waals surface area contributed by atoms with Crippen LogP contribution in [0.1, 0.15) is 15.9 Å². The summed E-state index contributed by atoms with van der Waals surface area (Å²) in [7, 11) is 1.68. The molecule has 0 aliphatic rings. The highest BCUT2D eigenvalue weighted by molar-refractivity contribution is 7.16. The van der Waals surface area contributed by atoms with Crippen molar-refractivity contribution in [2.24, 2.45) is 4.99 Å². The molecule has 5 rings (SSSR count). The third kappa shape index (κ3) is 3.79. The summed E-state index contributed by atoms with van der Waals surface area (Å²) in [5, 5.41) is 2.82. The van der Waals surface area contributed by atoms with Gasteiger partial charge in [0, 0.05) is 19.0 Å². The lowest BCUT2D eigenvalue weighted by atomic mass is 10.1. The van der Waals surface area contributed by atoms with Crippen molar-refractivity contribution in [2.75, 3.05) is 13.7 Å². The lowest BCUT2D eigenvalue weighted by molar-refractivity contribution is 0.0999. The number of carbonyl (C=O) groups is 1. The van der Waals surface area contributed by atoms with Crippen LogP contribution in [0.3, 0.4) is 0 Å². The first kappa shape index (κ1) is 20.8. The van der Waals surface area contributed by atoms with Crippen molar-refractivity contribution in [3.8, 4) is 10.6 Å². The molecular formula is C25H21N3O2S2. The van der Waals surface area contributed by atoms with Crippen LogP contribution in [0, 0.1) is 6.92 Å². The predicted octanol–water partition coefficient (Wildman–Crippen LogP) is 5.68. The van der Waals surface area contributed by atoms with Crippen LogP contribution < -0.4 is 4.80 Å². The number of aromatic nitrogens is 2. The fourth-order valence-electron chi connectivity index (χ4n) is 3.83. The normalized spacial score (nSPS) is 12.1. The highest BCUT2D eigenvalue weighted by atomic mass is 32.1. The van der Waals surface area contributed by atoms with Crippen LogP contribution >= 0.6 is 22.7 Å². The number of fused-ring (bicyclic) bond motifs is 2. The Bertz CT molecular complexity index is 1500. The van der Waals surface area contributed by atoms with Gasteiger partial charge in [-0.25, -0.2) is 4.98 Å². The smallest absolute Gasteiger partial charge is 0.280 e. The number of nitrogens with zero attached hydrogens (tertiary/aromatic N) is 3. The Morgan fingerprint density at radius 3 is 2.81 bits per heavy atom. The topological polar surface area (TPSA) is 56.5 Å². The molecule has 1 amide bonds. The fraction of sp³-hybridized carbons (Fsp3) is 0.160. The van der Waals surface area contributed by atoms with E-state index in [0.717, 1.165) is 37.3 Å². The van der Waals surface area contributed by atoms with E-state index in [9.17, 15) is 4.79 Å².